The van der Waals surface area contributed by atoms with Gasteiger partial charge in [0.2, 0.25) is 5.91 Å². The van der Waals surface area contributed by atoms with Crippen LogP contribution in [0.2, 0.25) is 0 Å². The molecule has 0 bridgehead atoms. The number of hydrogen-bond donors (Lipinski definition) is 2. The molecule has 1 unspecified atom stereocenters. The first kappa shape index (κ1) is 11.9. The van der Waals surface area contributed by atoms with Gasteiger partial charge in [0.25, 0.3) is 0 Å². The Morgan fingerprint density at radius 2 is 2.44 bits per heavy atom. The van der Waals surface area contributed by atoms with Gasteiger partial charge in [-0.3, -0.25) is 9.36 Å². The van der Waals surface area contributed by atoms with Crippen LogP contribution in [-0.2, 0) is 11.3 Å². The summed E-state index contributed by atoms with van der Waals surface area (Å²) in [5.41, 5.74) is -0.472. The fraction of sp³-hybridized carbons (Fsp3) is 0.333. The number of amides is 1. The van der Waals surface area contributed by atoms with E-state index in [2.05, 4.69) is 30.9 Å². The Bertz CT molecular complexity index is 577. The number of aromatic nitrogens is 6. The molecule has 0 saturated carbocycles. The molecule has 0 fully saturated rings. The van der Waals surface area contributed by atoms with Gasteiger partial charge >= 0.3 is 5.69 Å². The summed E-state index contributed by atoms with van der Waals surface area (Å²) in [4.78, 5) is 26.5. The molecule has 18 heavy (non-hydrogen) atoms. The Hall–Kier alpha value is -2.58. The number of H-pyrrole nitrogens is 1. The van der Waals surface area contributed by atoms with Crippen molar-refractivity contribution >= 4 is 5.91 Å². The van der Waals surface area contributed by atoms with Gasteiger partial charge in [0, 0.05) is 12.4 Å². The molecule has 0 spiro atoms. The molecule has 1 atom stereocenters. The zero-order chi connectivity index (χ0) is 13.0. The van der Waals surface area contributed by atoms with Gasteiger partial charge in [-0.25, -0.2) is 9.78 Å². The van der Waals surface area contributed by atoms with Crippen LogP contribution in [0, 0.1) is 0 Å². The molecule has 0 aliphatic carbocycles. The maximum Gasteiger partial charge on any atom is 0.347 e. The van der Waals surface area contributed by atoms with E-state index in [0.717, 1.165) is 0 Å². The monoisotopic (exact) mass is 249 g/mol. The Balaban J connectivity index is 1.97. The van der Waals surface area contributed by atoms with Gasteiger partial charge in [-0.05, 0) is 13.0 Å². The predicted molar refractivity (Wildman–Crippen MR) is 59.2 cm³/mol. The molecule has 2 heterocycles. The average Bonchev–Trinajstić information content (AvgIpc) is 2.85. The van der Waals surface area contributed by atoms with Crippen molar-refractivity contribution in [3.8, 4) is 0 Å². The number of hydrogen-bond acceptors (Lipinski definition) is 6. The van der Waals surface area contributed by atoms with Gasteiger partial charge in [0.05, 0.1) is 6.04 Å². The van der Waals surface area contributed by atoms with Crippen LogP contribution in [0.5, 0.6) is 0 Å². The van der Waals surface area contributed by atoms with Crippen molar-refractivity contribution in [3.05, 3.63) is 34.8 Å². The van der Waals surface area contributed by atoms with Crippen molar-refractivity contribution < 1.29 is 4.79 Å². The lowest BCUT2D eigenvalue weighted by molar-refractivity contribution is -0.122. The maximum atomic E-state index is 11.7. The Morgan fingerprint density at radius 1 is 1.61 bits per heavy atom. The highest BCUT2D eigenvalue weighted by Gasteiger charge is 2.13. The molecular formula is C9H11N7O2. The number of aromatic amines is 1. The maximum absolute atomic E-state index is 11.7. The number of rotatable bonds is 4. The van der Waals surface area contributed by atoms with Gasteiger partial charge in [0.1, 0.15) is 6.54 Å². The summed E-state index contributed by atoms with van der Waals surface area (Å²) < 4.78 is 1.21. The van der Waals surface area contributed by atoms with Crippen LogP contribution in [0.25, 0.3) is 0 Å². The number of nitrogens with one attached hydrogen (secondary N) is 2. The van der Waals surface area contributed by atoms with E-state index in [-0.39, 0.29) is 18.5 Å². The average molecular weight is 249 g/mol. The lowest BCUT2D eigenvalue weighted by Gasteiger charge is -2.10. The molecule has 9 nitrogen and oxygen atoms in total. The quantitative estimate of drug-likeness (QED) is 0.690. The van der Waals surface area contributed by atoms with Crippen LogP contribution in [0.15, 0.2) is 23.3 Å². The van der Waals surface area contributed by atoms with Crippen LogP contribution in [0.3, 0.4) is 0 Å². The molecule has 2 rings (SSSR count). The molecule has 0 saturated heterocycles. The molecule has 2 aromatic heterocycles. The molecule has 2 N–H and O–H groups in total. The SMILES string of the molecule is CC(NC(=O)Cn1cccnc1=O)c1nn[nH]n1. The van der Waals surface area contributed by atoms with Crippen LogP contribution >= 0.6 is 0 Å². The zero-order valence-electron chi connectivity index (χ0n) is 9.57. The highest BCUT2D eigenvalue weighted by molar-refractivity contribution is 5.76. The number of carbonyl (C=O) groups excluding carboxylic acids is 1. The van der Waals surface area contributed by atoms with Crippen molar-refractivity contribution in [1.29, 1.82) is 0 Å². The number of nitrogens with zero attached hydrogens (tertiary/aromatic N) is 5. The standard InChI is InChI=1S/C9H11N7O2/c1-6(8-12-14-15-13-8)11-7(17)5-16-4-2-3-10-9(16)18/h2-4,6H,5H2,1H3,(H,11,17)(H,12,13,14,15). The summed E-state index contributed by atoms with van der Waals surface area (Å²) in [5, 5.41) is 15.8. The van der Waals surface area contributed by atoms with Gasteiger partial charge in [0.15, 0.2) is 5.82 Å². The minimum atomic E-state index is -0.472. The normalized spacial score (nSPS) is 12.1. The highest BCUT2D eigenvalue weighted by Crippen LogP contribution is 2.02. The molecule has 1 amide bonds. The van der Waals surface area contributed by atoms with E-state index in [1.54, 1.807) is 13.0 Å². The van der Waals surface area contributed by atoms with E-state index < -0.39 is 5.69 Å². The number of carbonyl (C=O) groups is 1. The van der Waals surface area contributed by atoms with E-state index in [9.17, 15) is 9.59 Å². The van der Waals surface area contributed by atoms with E-state index in [1.165, 1.54) is 17.0 Å². The summed E-state index contributed by atoms with van der Waals surface area (Å²) in [6, 6.07) is 1.20. The van der Waals surface area contributed by atoms with E-state index in [0.29, 0.717) is 5.82 Å². The predicted octanol–water partition coefficient (Wildman–Crippen LogP) is -1.37. The molecule has 0 aromatic carbocycles. The van der Waals surface area contributed by atoms with Crippen molar-refractivity contribution in [2.75, 3.05) is 0 Å². The van der Waals surface area contributed by atoms with Gasteiger partial charge in [-0.2, -0.15) is 5.21 Å². The fourth-order valence-electron chi connectivity index (χ4n) is 1.37. The molecular weight excluding hydrogens is 238 g/mol. The van der Waals surface area contributed by atoms with Crippen LogP contribution in [0.1, 0.15) is 18.8 Å². The molecule has 94 valence electrons. The van der Waals surface area contributed by atoms with Crippen LogP contribution in [0.4, 0.5) is 0 Å². The van der Waals surface area contributed by atoms with Gasteiger partial charge in [-0.15, -0.1) is 10.2 Å². The van der Waals surface area contributed by atoms with Crippen molar-refractivity contribution in [2.24, 2.45) is 0 Å². The van der Waals surface area contributed by atoms with E-state index in [1.807, 2.05) is 0 Å². The van der Waals surface area contributed by atoms with Crippen molar-refractivity contribution in [1.82, 2.24) is 35.5 Å². The lowest BCUT2D eigenvalue weighted by Crippen LogP contribution is -2.34. The zero-order valence-corrected chi connectivity index (χ0v) is 9.57. The summed E-state index contributed by atoms with van der Waals surface area (Å²) in [5.74, 6) is 0.0456. The van der Waals surface area contributed by atoms with Crippen LogP contribution < -0.4 is 11.0 Å². The fourth-order valence-corrected chi connectivity index (χ4v) is 1.37. The molecule has 2 aromatic rings. The third-order valence-corrected chi connectivity index (χ3v) is 2.22. The second-order valence-electron chi connectivity index (χ2n) is 3.59. The Kier molecular flexibility index (Phi) is 3.41. The summed E-state index contributed by atoms with van der Waals surface area (Å²) in [7, 11) is 0. The third-order valence-electron chi connectivity index (χ3n) is 2.22. The largest absolute Gasteiger partial charge is 0.347 e. The Labute approximate surface area is 101 Å². The topological polar surface area (TPSA) is 118 Å². The smallest absolute Gasteiger partial charge is 0.345 e. The second kappa shape index (κ2) is 5.17. The minimum Gasteiger partial charge on any atom is -0.345 e. The molecule has 9 heteroatoms. The van der Waals surface area contributed by atoms with Gasteiger partial charge in [-0.1, -0.05) is 5.21 Å². The minimum absolute atomic E-state index is 0.102. The summed E-state index contributed by atoms with van der Waals surface area (Å²) >= 11 is 0. The first-order chi connectivity index (χ1) is 8.66. The lowest BCUT2D eigenvalue weighted by atomic mass is 10.3. The summed E-state index contributed by atoms with van der Waals surface area (Å²) in [6.07, 6.45) is 2.87. The Morgan fingerprint density at radius 3 is 3.11 bits per heavy atom. The third kappa shape index (κ3) is 2.75. The van der Waals surface area contributed by atoms with Crippen molar-refractivity contribution in [2.45, 2.75) is 19.5 Å². The highest BCUT2D eigenvalue weighted by atomic mass is 16.2. The molecule has 0 aliphatic heterocycles. The van der Waals surface area contributed by atoms with Crippen LogP contribution in [-0.4, -0.2) is 36.1 Å². The molecule has 0 radical (unpaired) electrons. The van der Waals surface area contributed by atoms with Gasteiger partial charge < -0.3 is 5.32 Å². The summed E-state index contributed by atoms with van der Waals surface area (Å²) in [6.45, 7) is 1.61. The molecule has 0 aliphatic rings. The van der Waals surface area contributed by atoms with E-state index in [4.69, 9.17) is 0 Å². The first-order valence-electron chi connectivity index (χ1n) is 5.21. The first-order valence-corrected chi connectivity index (χ1v) is 5.21. The van der Waals surface area contributed by atoms with E-state index >= 15 is 0 Å². The number of tetrazole rings is 1. The van der Waals surface area contributed by atoms with Crippen molar-refractivity contribution in [3.63, 3.8) is 0 Å². The second-order valence-corrected chi connectivity index (χ2v) is 3.59.